The Hall–Kier alpha value is -0.180. The molecular weight excluding hydrogens is 148 g/mol. The number of carbonyl (C=O) groups excluding carboxylic acids is 1. The van der Waals surface area contributed by atoms with Crippen molar-refractivity contribution < 1.29 is 9.53 Å². The maximum absolute atomic E-state index is 10.7. The monoisotopic (exact) mass is 162 g/mol. The van der Waals surface area contributed by atoms with Gasteiger partial charge in [-0.25, -0.2) is 0 Å². The molecule has 0 amide bonds. The first kappa shape index (κ1) is 9.82. The van der Waals surface area contributed by atoms with Gasteiger partial charge < -0.3 is 4.74 Å². The van der Waals surface area contributed by atoms with Gasteiger partial charge in [0.25, 0.3) is 0 Å². The second-order valence-electron chi connectivity index (χ2n) is 2.07. The van der Waals surface area contributed by atoms with Crippen molar-refractivity contribution >= 4 is 18.6 Å². The van der Waals surface area contributed by atoms with Crippen LogP contribution in [0, 0.1) is 0 Å². The van der Waals surface area contributed by atoms with Gasteiger partial charge >= 0.3 is 5.97 Å². The van der Waals surface area contributed by atoms with E-state index >= 15 is 0 Å². The van der Waals surface area contributed by atoms with E-state index in [-0.39, 0.29) is 11.2 Å². The van der Waals surface area contributed by atoms with Gasteiger partial charge in [0.2, 0.25) is 0 Å². The molecule has 10 heavy (non-hydrogen) atoms. The minimum absolute atomic E-state index is 0.149. The van der Waals surface area contributed by atoms with E-state index in [0.29, 0.717) is 13.0 Å². The molecule has 2 nitrogen and oxygen atoms in total. The highest BCUT2D eigenvalue weighted by Gasteiger charge is 2.07. The van der Waals surface area contributed by atoms with Crippen molar-refractivity contribution in [3.63, 3.8) is 0 Å². The maximum atomic E-state index is 10.7. The van der Waals surface area contributed by atoms with E-state index in [4.69, 9.17) is 4.74 Å². The predicted molar refractivity (Wildman–Crippen MR) is 44.3 cm³/mol. The molecule has 1 unspecified atom stereocenters. The molecule has 0 radical (unpaired) electrons. The van der Waals surface area contributed by atoms with Gasteiger partial charge in [-0.2, -0.15) is 12.6 Å². The Morgan fingerprint density at radius 1 is 1.60 bits per heavy atom. The molecule has 0 fully saturated rings. The first-order valence-electron chi connectivity index (χ1n) is 3.54. The summed E-state index contributed by atoms with van der Waals surface area (Å²) < 4.78 is 4.73. The van der Waals surface area contributed by atoms with Gasteiger partial charge in [-0.05, 0) is 13.3 Å². The molecule has 0 spiro atoms. The number of thiol groups is 1. The molecule has 0 saturated heterocycles. The van der Waals surface area contributed by atoms with E-state index in [9.17, 15) is 4.79 Å². The molecule has 3 heteroatoms. The van der Waals surface area contributed by atoms with E-state index < -0.39 is 0 Å². The summed E-state index contributed by atoms with van der Waals surface area (Å²) in [6.45, 7) is 4.26. The van der Waals surface area contributed by atoms with Crippen molar-refractivity contribution in [2.45, 2.75) is 31.9 Å². The fraction of sp³-hybridized carbons (Fsp3) is 0.857. The summed E-state index contributed by atoms with van der Waals surface area (Å²) in [6, 6.07) is 0. The summed E-state index contributed by atoms with van der Waals surface area (Å²) in [4.78, 5) is 10.7. The topological polar surface area (TPSA) is 26.3 Å². The van der Waals surface area contributed by atoms with E-state index in [1.54, 1.807) is 6.92 Å². The van der Waals surface area contributed by atoms with Crippen LogP contribution < -0.4 is 0 Å². The average Bonchev–Trinajstić information content (AvgIpc) is 1.88. The molecule has 0 aromatic carbocycles. The molecule has 0 aromatic heterocycles. The quantitative estimate of drug-likeness (QED) is 0.502. The molecule has 0 aliphatic carbocycles. The van der Waals surface area contributed by atoms with Gasteiger partial charge in [-0.1, -0.05) is 6.92 Å². The standard InChI is InChI=1S/C7H14O2S/c1-3-6(10)5-7(8)9-4-2/h6,10H,3-5H2,1-2H3. The number of carbonyl (C=O) groups is 1. The second-order valence-corrected chi connectivity index (χ2v) is 2.80. The third kappa shape index (κ3) is 4.68. The zero-order valence-electron chi connectivity index (χ0n) is 6.46. The molecule has 0 aliphatic rings. The number of rotatable bonds is 4. The van der Waals surface area contributed by atoms with Crippen molar-refractivity contribution in [3.8, 4) is 0 Å². The minimum atomic E-state index is -0.149. The van der Waals surface area contributed by atoms with Crippen LogP contribution in [0.5, 0.6) is 0 Å². The van der Waals surface area contributed by atoms with Crippen LogP contribution in [0.1, 0.15) is 26.7 Å². The first-order valence-corrected chi connectivity index (χ1v) is 4.06. The molecular formula is C7H14O2S. The third-order valence-electron chi connectivity index (χ3n) is 1.18. The van der Waals surface area contributed by atoms with Crippen molar-refractivity contribution in [2.75, 3.05) is 6.61 Å². The number of esters is 1. The summed E-state index contributed by atoms with van der Waals surface area (Å²) in [5.41, 5.74) is 0. The molecule has 0 aromatic rings. The summed E-state index contributed by atoms with van der Waals surface area (Å²) in [5.74, 6) is -0.149. The van der Waals surface area contributed by atoms with Crippen LogP contribution in [0.25, 0.3) is 0 Å². The lowest BCUT2D eigenvalue weighted by Crippen LogP contribution is -2.10. The van der Waals surface area contributed by atoms with Crippen LogP contribution in [0.2, 0.25) is 0 Å². The molecule has 0 heterocycles. The van der Waals surface area contributed by atoms with Crippen LogP contribution >= 0.6 is 12.6 Å². The summed E-state index contributed by atoms with van der Waals surface area (Å²) >= 11 is 4.16. The predicted octanol–water partition coefficient (Wildman–Crippen LogP) is 1.65. The largest absolute Gasteiger partial charge is 0.466 e. The first-order chi connectivity index (χ1) is 4.70. The molecule has 1 atom stereocenters. The van der Waals surface area contributed by atoms with E-state index in [1.807, 2.05) is 6.92 Å². The SMILES string of the molecule is CCOC(=O)CC(S)CC. The van der Waals surface area contributed by atoms with Gasteiger partial charge in [-0.15, -0.1) is 0 Å². The Labute approximate surface area is 67.4 Å². The zero-order chi connectivity index (χ0) is 7.98. The number of hydrogen-bond acceptors (Lipinski definition) is 3. The minimum Gasteiger partial charge on any atom is -0.466 e. The summed E-state index contributed by atoms with van der Waals surface area (Å²) in [5, 5.41) is 0.152. The van der Waals surface area contributed by atoms with E-state index in [0.717, 1.165) is 6.42 Å². The molecule has 0 rings (SSSR count). The Morgan fingerprint density at radius 2 is 2.20 bits per heavy atom. The second kappa shape index (κ2) is 5.59. The van der Waals surface area contributed by atoms with Crippen molar-refractivity contribution in [1.82, 2.24) is 0 Å². The average molecular weight is 162 g/mol. The fourth-order valence-corrected chi connectivity index (χ4v) is 0.706. The van der Waals surface area contributed by atoms with Crippen LogP contribution in [-0.4, -0.2) is 17.8 Å². The number of hydrogen-bond donors (Lipinski definition) is 1. The Balaban J connectivity index is 3.37. The highest BCUT2D eigenvalue weighted by atomic mass is 32.1. The van der Waals surface area contributed by atoms with Gasteiger partial charge in [0.1, 0.15) is 0 Å². The van der Waals surface area contributed by atoms with Crippen molar-refractivity contribution in [1.29, 1.82) is 0 Å². The molecule has 0 aliphatic heterocycles. The smallest absolute Gasteiger partial charge is 0.306 e. The highest BCUT2D eigenvalue weighted by Crippen LogP contribution is 2.06. The van der Waals surface area contributed by atoms with Crippen molar-refractivity contribution in [3.05, 3.63) is 0 Å². The van der Waals surface area contributed by atoms with E-state index in [1.165, 1.54) is 0 Å². The van der Waals surface area contributed by atoms with Crippen LogP contribution in [0.4, 0.5) is 0 Å². The Bertz CT molecular complexity index is 104. The van der Waals surface area contributed by atoms with Crippen molar-refractivity contribution in [2.24, 2.45) is 0 Å². The lowest BCUT2D eigenvalue weighted by atomic mass is 10.2. The maximum Gasteiger partial charge on any atom is 0.306 e. The van der Waals surface area contributed by atoms with Crippen LogP contribution in [-0.2, 0) is 9.53 Å². The summed E-state index contributed by atoms with van der Waals surface area (Å²) in [6.07, 6.45) is 1.33. The normalized spacial score (nSPS) is 12.7. The van der Waals surface area contributed by atoms with Crippen LogP contribution in [0.15, 0.2) is 0 Å². The lowest BCUT2D eigenvalue weighted by molar-refractivity contribution is -0.143. The Morgan fingerprint density at radius 3 is 2.60 bits per heavy atom. The van der Waals surface area contributed by atoms with Crippen LogP contribution in [0.3, 0.4) is 0 Å². The Kier molecular flexibility index (Phi) is 5.49. The lowest BCUT2D eigenvalue weighted by Gasteiger charge is -2.05. The summed E-state index contributed by atoms with van der Waals surface area (Å²) in [7, 11) is 0. The third-order valence-corrected chi connectivity index (χ3v) is 1.73. The van der Waals surface area contributed by atoms with Gasteiger partial charge in [0, 0.05) is 5.25 Å². The highest BCUT2D eigenvalue weighted by molar-refractivity contribution is 7.81. The number of ether oxygens (including phenoxy) is 1. The zero-order valence-corrected chi connectivity index (χ0v) is 7.36. The fourth-order valence-electron chi connectivity index (χ4n) is 0.557. The van der Waals surface area contributed by atoms with Gasteiger partial charge in [-0.3, -0.25) is 4.79 Å². The van der Waals surface area contributed by atoms with Gasteiger partial charge in [0.15, 0.2) is 0 Å². The molecule has 0 N–H and O–H groups in total. The van der Waals surface area contributed by atoms with E-state index in [2.05, 4.69) is 12.6 Å². The molecule has 60 valence electrons. The molecule has 0 saturated carbocycles. The molecule has 0 bridgehead atoms. The van der Waals surface area contributed by atoms with Gasteiger partial charge in [0.05, 0.1) is 13.0 Å².